The molecule has 0 aliphatic heterocycles. The maximum atomic E-state index is 12.7. The Morgan fingerprint density at radius 2 is 1.83 bits per heavy atom. The van der Waals surface area contributed by atoms with Crippen LogP contribution in [-0.2, 0) is 4.74 Å². The van der Waals surface area contributed by atoms with Gasteiger partial charge in [0.2, 0.25) is 5.88 Å². The van der Waals surface area contributed by atoms with Gasteiger partial charge in [0.15, 0.2) is 11.7 Å². The molecule has 1 rings (SSSR count). The molecular weight excluding hydrogens is 300 g/mol. The van der Waals surface area contributed by atoms with Crippen molar-refractivity contribution in [3.63, 3.8) is 0 Å². The van der Waals surface area contributed by atoms with Gasteiger partial charge in [-0.3, -0.25) is 9.78 Å². The van der Waals surface area contributed by atoms with E-state index in [4.69, 9.17) is 4.74 Å². The summed E-state index contributed by atoms with van der Waals surface area (Å²) in [6.45, 7) is 10.4. The molecule has 1 amide bonds. The Balaban J connectivity index is 3.07. The molecule has 1 heterocycles. The van der Waals surface area contributed by atoms with E-state index in [1.807, 2.05) is 13.8 Å². The zero-order valence-corrected chi connectivity index (χ0v) is 14.5. The topological polar surface area (TPSA) is 112 Å². The second-order valence-corrected chi connectivity index (χ2v) is 6.70. The molecule has 1 aromatic rings. The lowest BCUT2D eigenvalue weighted by Crippen LogP contribution is -2.47. The highest BCUT2D eigenvalue weighted by Crippen LogP contribution is 2.30. The fraction of sp³-hybridized carbons (Fsp3) is 0.625. The van der Waals surface area contributed by atoms with E-state index in [1.165, 1.54) is 6.92 Å². The molecule has 0 aromatic carbocycles. The summed E-state index contributed by atoms with van der Waals surface area (Å²) in [7, 11) is 0. The van der Waals surface area contributed by atoms with Crippen LogP contribution in [0.1, 0.15) is 57.0 Å². The van der Waals surface area contributed by atoms with Gasteiger partial charge < -0.3 is 20.3 Å². The number of carbonyl (C=O) groups excluding carboxylic acids is 2. The van der Waals surface area contributed by atoms with Gasteiger partial charge in [-0.25, -0.2) is 4.79 Å². The summed E-state index contributed by atoms with van der Waals surface area (Å²) in [5, 5.41) is 22.0. The van der Waals surface area contributed by atoms with Crippen LogP contribution in [0.3, 0.4) is 0 Å². The van der Waals surface area contributed by atoms with Gasteiger partial charge in [-0.05, 0) is 33.6 Å². The molecule has 0 radical (unpaired) electrons. The van der Waals surface area contributed by atoms with Crippen LogP contribution < -0.4 is 5.32 Å². The van der Waals surface area contributed by atoms with Crippen molar-refractivity contribution in [2.45, 2.75) is 59.6 Å². The number of ether oxygens (including phenoxy) is 1. The maximum absolute atomic E-state index is 12.7. The third kappa shape index (κ3) is 4.64. The molecule has 0 spiro atoms. The first-order valence-electron chi connectivity index (χ1n) is 7.62. The summed E-state index contributed by atoms with van der Waals surface area (Å²) < 4.78 is 5.19. The Labute approximate surface area is 136 Å². The first kappa shape index (κ1) is 18.9. The van der Waals surface area contributed by atoms with Crippen molar-refractivity contribution in [2.24, 2.45) is 5.92 Å². The molecule has 2 atom stereocenters. The first-order valence-corrected chi connectivity index (χ1v) is 7.62. The van der Waals surface area contributed by atoms with E-state index >= 15 is 0 Å². The molecule has 0 bridgehead atoms. The van der Waals surface area contributed by atoms with Crippen LogP contribution >= 0.6 is 0 Å². The summed E-state index contributed by atoms with van der Waals surface area (Å²) >= 11 is 0. The summed E-state index contributed by atoms with van der Waals surface area (Å²) in [4.78, 5) is 27.0. The average molecular weight is 326 g/mol. The first-order chi connectivity index (χ1) is 10.5. The largest absolute Gasteiger partial charge is 0.494 e. The number of aromatic nitrogens is 1. The number of hydrogen-bond acceptors (Lipinski definition) is 5. The number of aromatic hydroxyl groups is 2. The van der Waals surface area contributed by atoms with Gasteiger partial charge in [-0.1, -0.05) is 20.3 Å². The van der Waals surface area contributed by atoms with E-state index in [-0.39, 0.29) is 22.9 Å². The molecule has 0 aliphatic carbocycles. The Morgan fingerprint density at radius 3 is 2.22 bits per heavy atom. The average Bonchev–Trinajstić information content (AvgIpc) is 2.66. The summed E-state index contributed by atoms with van der Waals surface area (Å²) in [6.07, 6.45) is -0.0596. The minimum atomic E-state index is -0.866. The van der Waals surface area contributed by atoms with Crippen molar-refractivity contribution in [2.75, 3.05) is 0 Å². The Bertz CT molecular complexity index is 586. The van der Waals surface area contributed by atoms with E-state index in [2.05, 4.69) is 10.3 Å². The standard InChI is InChI=1S/C16H26N2O5/c1-7-8(2)11(17-15(22)23-16(4,5)6)12(19)10-9(3)13(20)18-14(10)21/h8,11,18,20-21H,7H2,1-6H3,(H,17,22)/t8-,11-/m0/s1. The van der Waals surface area contributed by atoms with Crippen LogP contribution in [0.5, 0.6) is 11.8 Å². The van der Waals surface area contributed by atoms with Gasteiger partial charge in [0.05, 0.1) is 11.6 Å². The number of Topliss-reactive ketones (excluding diaryl/α,β-unsaturated/α-hetero) is 1. The van der Waals surface area contributed by atoms with Crippen LogP contribution in [0.2, 0.25) is 0 Å². The van der Waals surface area contributed by atoms with Crippen molar-refractivity contribution < 1.29 is 24.5 Å². The van der Waals surface area contributed by atoms with E-state index in [1.54, 1.807) is 20.8 Å². The number of aromatic amines is 1. The SMILES string of the molecule is CC[C@H](C)[C@H](NC(=O)OC(C)(C)C)C(=O)c1c(O)[nH]c(O)c1C. The third-order valence-electron chi connectivity index (χ3n) is 3.62. The van der Waals surface area contributed by atoms with Crippen LogP contribution in [0.15, 0.2) is 0 Å². The van der Waals surface area contributed by atoms with Gasteiger partial charge in [-0.2, -0.15) is 0 Å². The molecule has 1 aromatic heterocycles. The molecule has 4 N–H and O–H groups in total. The highest BCUT2D eigenvalue weighted by molar-refractivity contribution is 6.05. The summed E-state index contributed by atoms with van der Waals surface area (Å²) in [5.41, 5.74) is -0.465. The number of nitrogens with one attached hydrogen (secondary N) is 2. The van der Waals surface area contributed by atoms with Crippen molar-refractivity contribution in [1.29, 1.82) is 0 Å². The number of amides is 1. The van der Waals surface area contributed by atoms with Crippen LogP contribution in [0.4, 0.5) is 4.79 Å². The van der Waals surface area contributed by atoms with Crippen molar-refractivity contribution in [1.82, 2.24) is 10.3 Å². The second-order valence-electron chi connectivity index (χ2n) is 6.70. The highest BCUT2D eigenvalue weighted by Gasteiger charge is 2.32. The van der Waals surface area contributed by atoms with Gasteiger partial charge in [-0.15, -0.1) is 0 Å². The molecule has 0 saturated heterocycles. The quantitative estimate of drug-likeness (QED) is 0.622. The van der Waals surface area contributed by atoms with Gasteiger partial charge >= 0.3 is 6.09 Å². The summed E-state index contributed by atoms with van der Waals surface area (Å²) in [6, 6.07) is -0.866. The molecule has 0 fully saturated rings. The highest BCUT2D eigenvalue weighted by atomic mass is 16.6. The number of hydrogen-bond donors (Lipinski definition) is 4. The van der Waals surface area contributed by atoms with Gasteiger partial charge in [0.25, 0.3) is 0 Å². The lowest BCUT2D eigenvalue weighted by Gasteiger charge is -2.26. The molecular formula is C16H26N2O5. The molecule has 7 nitrogen and oxygen atoms in total. The van der Waals surface area contributed by atoms with E-state index in [0.717, 1.165) is 0 Å². The molecule has 7 heteroatoms. The minimum absolute atomic E-state index is 0.0242. The van der Waals surface area contributed by atoms with Crippen molar-refractivity contribution in [3.8, 4) is 11.8 Å². The number of carbonyl (C=O) groups is 2. The molecule has 0 unspecified atom stereocenters. The summed E-state index contributed by atoms with van der Waals surface area (Å²) in [5.74, 6) is -1.34. The Kier molecular flexibility index (Phi) is 5.69. The predicted octanol–water partition coefficient (Wildman–Crippen LogP) is 2.86. The fourth-order valence-corrected chi connectivity index (χ4v) is 2.16. The fourth-order valence-electron chi connectivity index (χ4n) is 2.16. The van der Waals surface area contributed by atoms with Gasteiger partial charge in [0, 0.05) is 5.56 Å². The molecule has 130 valence electrons. The molecule has 23 heavy (non-hydrogen) atoms. The third-order valence-corrected chi connectivity index (χ3v) is 3.62. The van der Waals surface area contributed by atoms with Crippen LogP contribution in [0.25, 0.3) is 0 Å². The minimum Gasteiger partial charge on any atom is -0.494 e. The number of alkyl carbamates (subject to hydrolysis) is 1. The molecule has 0 aliphatic rings. The van der Waals surface area contributed by atoms with Crippen LogP contribution in [-0.4, -0.2) is 38.7 Å². The lowest BCUT2D eigenvalue weighted by atomic mass is 9.91. The predicted molar refractivity (Wildman–Crippen MR) is 85.8 cm³/mol. The second kappa shape index (κ2) is 6.93. The lowest BCUT2D eigenvalue weighted by molar-refractivity contribution is 0.0471. The number of rotatable bonds is 5. The van der Waals surface area contributed by atoms with E-state index in [0.29, 0.717) is 6.42 Å². The molecule has 0 saturated carbocycles. The van der Waals surface area contributed by atoms with E-state index in [9.17, 15) is 19.8 Å². The zero-order chi connectivity index (χ0) is 17.9. The van der Waals surface area contributed by atoms with Gasteiger partial charge in [0.1, 0.15) is 5.60 Å². The Hall–Kier alpha value is -2.18. The smallest absolute Gasteiger partial charge is 0.408 e. The Morgan fingerprint density at radius 1 is 1.26 bits per heavy atom. The van der Waals surface area contributed by atoms with Crippen molar-refractivity contribution >= 4 is 11.9 Å². The van der Waals surface area contributed by atoms with E-state index < -0.39 is 29.4 Å². The monoisotopic (exact) mass is 326 g/mol. The van der Waals surface area contributed by atoms with Crippen LogP contribution in [0, 0.1) is 12.8 Å². The maximum Gasteiger partial charge on any atom is 0.408 e. The zero-order valence-electron chi connectivity index (χ0n) is 14.5. The van der Waals surface area contributed by atoms with Crippen molar-refractivity contribution in [3.05, 3.63) is 11.1 Å². The normalized spacial score (nSPS) is 14.2. The number of H-pyrrole nitrogens is 1. The number of ketones is 1.